The van der Waals surface area contributed by atoms with Crippen molar-refractivity contribution >= 4 is 11.7 Å². The molecule has 0 aromatic heterocycles. The molecule has 0 bridgehead atoms. The van der Waals surface area contributed by atoms with Crippen molar-refractivity contribution in [3.63, 3.8) is 0 Å². The molecule has 0 heterocycles. The van der Waals surface area contributed by atoms with Crippen molar-refractivity contribution in [3.05, 3.63) is 29.8 Å². The van der Waals surface area contributed by atoms with Gasteiger partial charge < -0.3 is 10.6 Å². The number of anilines is 1. The van der Waals surface area contributed by atoms with Crippen molar-refractivity contribution in [3.8, 4) is 0 Å². The molecule has 1 atom stereocenters. The van der Waals surface area contributed by atoms with E-state index in [1.807, 2.05) is 26.0 Å². The van der Waals surface area contributed by atoms with Gasteiger partial charge in [0.05, 0.1) is 0 Å². The number of unbranched alkanes of at least 4 members (excludes halogenated alkanes) is 1. The molecule has 0 spiro atoms. The molecule has 2 N–H and O–H groups in total. The number of rotatable bonds is 8. The van der Waals surface area contributed by atoms with Gasteiger partial charge in [-0.1, -0.05) is 52.2 Å². The molecule has 1 aromatic rings. The highest BCUT2D eigenvalue weighted by Gasteiger charge is 2.25. The second-order valence-electron chi connectivity index (χ2n) is 6.75. The van der Waals surface area contributed by atoms with Crippen molar-refractivity contribution in [2.24, 2.45) is 0 Å². The van der Waals surface area contributed by atoms with Gasteiger partial charge in [-0.05, 0) is 49.8 Å². The fraction of sp³-hybridized carbons (Fsp3) is 0.632. The summed E-state index contributed by atoms with van der Waals surface area (Å²) >= 11 is 0. The van der Waals surface area contributed by atoms with Crippen LogP contribution in [-0.2, 0) is 5.41 Å². The Morgan fingerprint density at radius 2 is 1.91 bits per heavy atom. The summed E-state index contributed by atoms with van der Waals surface area (Å²) in [7, 11) is 0. The van der Waals surface area contributed by atoms with E-state index in [-0.39, 0.29) is 17.5 Å². The van der Waals surface area contributed by atoms with Crippen LogP contribution in [-0.4, -0.2) is 12.1 Å². The molecular formula is C19H32N2O. The standard InChI is InChI=1S/C19H32N2O/c1-6-8-13-19(5,12-7-2)16-10-9-11-17(14-16)21-18(22)20-15(3)4/h9-11,14-15H,6-8,12-13H2,1-5H3,(H2,20,21,22). The van der Waals surface area contributed by atoms with E-state index < -0.39 is 0 Å². The number of hydrogen-bond acceptors (Lipinski definition) is 1. The molecule has 1 rings (SSSR count). The van der Waals surface area contributed by atoms with E-state index in [4.69, 9.17) is 0 Å². The topological polar surface area (TPSA) is 41.1 Å². The van der Waals surface area contributed by atoms with Crippen molar-refractivity contribution in [2.45, 2.75) is 78.2 Å². The molecule has 0 radical (unpaired) electrons. The summed E-state index contributed by atoms with van der Waals surface area (Å²) < 4.78 is 0. The molecular weight excluding hydrogens is 272 g/mol. The van der Waals surface area contributed by atoms with Gasteiger partial charge >= 0.3 is 6.03 Å². The van der Waals surface area contributed by atoms with Gasteiger partial charge in [0.25, 0.3) is 0 Å². The summed E-state index contributed by atoms with van der Waals surface area (Å²) in [6.07, 6.45) is 6.00. The maximum atomic E-state index is 11.9. The van der Waals surface area contributed by atoms with Gasteiger partial charge in [0.2, 0.25) is 0 Å². The fourth-order valence-electron chi connectivity index (χ4n) is 2.93. The van der Waals surface area contributed by atoms with Gasteiger partial charge in [-0.2, -0.15) is 0 Å². The van der Waals surface area contributed by atoms with Gasteiger partial charge in [0.1, 0.15) is 0 Å². The average molecular weight is 304 g/mol. The molecule has 0 saturated heterocycles. The highest BCUT2D eigenvalue weighted by Crippen LogP contribution is 2.35. The molecule has 3 nitrogen and oxygen atoms in total. The lowest BCUT2D eigenvalue weighted by molar-refractivity contribution is 0.250. The highest BCUT2D eigenvalue weighted by molar-refractivity contribution is 5.89. The molecule has 0 aliphatic carbocycles. The Morgan fingerprint density at radius 1 is 1.18 bits per heavy atom. The number of nitrogens with one attached hydrogen (secondary N) is 2. The van der Waals surface area contributed by atoms with E-state index in [0.717, 1.165) is 5.69 Å². The first-order valence-corrected chi connectivity index (χ1v) is 8.59. The van der Waals surface area contributed by atoms with Gasteiger partial charge in [0.15, 0.2) is 0 Å². The predicted octanol–water partition coefficient (Wildman–Crippen LogP) is 5.46. The number of carbonyl (C=O) groups excluding carboxylic acids is 1. The lowest BCUT2D eigenvalue weighted by atomic mass is 9.75. The number of amides is 2. The zero-order chi connectivity index (χ0) is 16.6. The van der Waals surface area contributed by atoms with Gasteiger partial charge in [-0.3, -0.25) is 0 Å². The lowest BCUT2D eigenvalue weighted by Gasteiger charge is -2.30. The van der Waals surface area contributed by atoms with Crippen molar-refractivity contribution in [1.82, 2.24) is 5.32 Å². The minimum atomic E-state index is -0.141. The van der Waals surface area contributed by atoms with Crippen molar-refractivity contribution < 1.29 is 4.79 Å². The summed E-state index contributed by atoms with van der Waals surface area (Å²) in [6, 6.07) is 8.31. The summed E-state index contributed by atoms with van der Waals surface area (Å²) in [5.74, 6) is 0. The van der Waals surface area contributed by atoms with Crippen LogP contribution in [0.3, 0.4) is 0 Å². The Kier molecular flexibility index (Phi) is 7.43. The van der Waals surface area contributed by atoms with Crippen LogP contribution >= 0.6 is 0 Å². The van der Waals surface area contributed by atoms with E-state index in [1.165, 1.54) is 37.7 Å². The summed E-state index contributed by atoms with van der Waals surface area (Å²) in [5, 5.41) is 5.79. The molecule has 0 saturated carbocycles. The highest BCUT2D eigenvalue weighted by atomic mass is 16.2. The second-order valence-corrected chi connectivity index (χ2v) is 6.75. The molecule has 0 aliphatic rings. The van der Waals surface area contributed by atoms with Crippen LogP contribution in [0.2, 0.25) is 0 Å². The Balaban J connectivity index is 2.90. The second kappa shape index (κ2) is 8.82. The number of carbonyl (C=O) groups is 1. The molecule has 3 heteroatoms. The van der Waals surface area contributed by atoms with Crippen LogP contribution in [0, 0.1) is 0 Å². The smallest absolute Gasteiger partial charge is 0.319 e. The molecule has 0 aliphatic heterocycles. The monoisotopic (exact) mass is 304 g/mol. The predicted molar refractivity (Wildman–Crippen MR) is 95.5 cm³/mol. The average Bonchev–Trinajstić information content (AvgIpc) is 2.45. The van der Waals surface area contributed by atoms with Crippen LogP contribution in [0.15, 0.2) is 24.3 Å². The van der Waals surface area contributed by atoms with Crippen LogP contribution in [0.25, 0.3) is 0 Å². The third-order valence-corrected chi connectivity index (χ3v) is 4.12. The number of urea groups is 1. The first-order valence-electron chi connectivity index (χ1n) is 8.59. The Bertz CT molecular complexity index is 470. The zero-order valence-corrected chi connectivity index (χ0v) is 14.8. The van der Waals surface area contributed by atoms with Gasteiger partial charge in [-0.25, -0.2) is 4.79 Å². The fourth-order valence-corrected chi connectivity index (χ4v) is 2.93. The maximum Gasteiger partial charge on any atom is 0.319 e. The number of benzene rings is 1. The first-order chi connectivity index (χ1) is 10.4. The minimum absolute atomic E-state index is 0.137. The summed E-state index contributed by atoms with van der Waals surface area (Å²) in [5.41, 5.74) is 2.39. The third kappa shape index (κ3) is 5.70. The molecule has 22 heavy (non-hydrogen) atoms. The van der Waals surface area contributed by atoms with E-state index in [1.54, 1.807) is 0 Å². The van der Waals surface area contributed by atoms with E-state index >= 15 is 0 Å². The Morgan fingerprint density at radius 3 is 2.50 bits per heavy atom. The van der Waals surface area contributed by atoms with Crippen LogP contribution in [0.1, 0.15) is 72.3 Å². The molecule has 1 unspecified atom stereocenters. The summed E-state index contributed by atoms with van der Waals surface area (Å²) in [6.45, 7) is 10.7. The van der Waals surface area contributed by atoms with Crippen LogP contribution in [0.5, 0.6) is 0 Å². The minimum Gasteiger partial charge on any atom is -0.336 e. The molecule has 124 valence electrons. The molecule has 0 fully saturated rings. The molecule has 1 aromatic carbocycles. The summed E-state index contributed by atoms with van der Waals surface area (Å²) in [4.78, 5) is 11.9. The molecule has 2 amide bonds. The Labute approximate surface area is 135 Å². The normalized spacial score (nSPS) is 13.7. The maximum absolute atomic E-state index is 11.9. The zero-order valence-electron chi connectivity index (χ0n) is 14.8. The lowest BCUT2D eigenvalue weighted by Crippen LogP contribution is -2.34. The van der Waals surface area contributed by atoms with E-state index in [2.05, 4.69) is 43.5 Å². The van der Waals surface area contributed by atoms with E-state index in [9.17, 15) is 4.79 Å². The van der Waals surface area contributed by atoms with Crippen LogP contribution in [0.4, 0.5) is 10.5 Å². The van der Waals surface area contributed by atoms with Gasteiger partial charge in [-0.15, -0.1) is 0 Å². The van der Waals surface area contributed by atoms with Crippen LogP contribution < -0.4 is 10.6 Å². The van der Waals surface area contributed by atoms with Crippen molar-refractivity contribution in [1.29, 1.82) is 0 Å². The third-order valence-electron chi connectivity index (χ3n) is 4.12. The first kappa shape index (κ1) is 18.5. The van der Waals surface area contributed by atoms with Crippen molar-refractivity contribution in [2.75, 3.05) is 5.32 Å². The largest absolute Gasteiger partial charge is 0.336 e. The number of hydrogen-bond donors (Lipinski definition) is 2. The Hall–Kier alpha value is -1.51. The SMILES string of the molecule is CCCCC(C)(CCC)c1cccc(NC(=O)NC(C)C)c1. The van der Waals surface area contributed by atoms with E-state index in [0.29, 0.717) is 0 Å². The quantitative estimate of drug-likeness (QED) is 0.657. The van der Waals surface area contributed by atoms with Gasteiger partial charge in [0, 0.05) is 11.7 Å².